The van der Waals surface area contributed by atoms with Gasteiger partial charge in [0.15, 0.2) is 0 Å². The van der Waals surface area contributed by atoms with Gasteiger partial charge >= 0.3 is 0 Å². The lowest BCUT2D eigenvalue weighted by molar-refractivity contribution is 0.568. The summed E-state index contributed by atoms with van der Waals surface area (Å²) in [5, 5.41) is 3.17. The van der Waals surface area contributed by atoms with E-state index in [1.54, 1.807) is 6.20 Å². The van der Waals surface area contributed by atoms with Gasteiger partial charge in [0.05, 0.1) is 0 Å². The highest BCUT2D eigenvalue weighted by molar-refractivity contribution is 4.85. The van der Waals surface area contributed by atoms with E-state index in [0.717, 1.165) is 5.92 Å². The number of nitrogens with one attached hydrogen (secondary N) is 1. The third-order valence-corrected chi connectivity index (χ3v) is 1.71. The average molecular weight is 111 g/mol. The van der Waals surface area contributed by atoms with E-state index in [1.807, 2.05) is 0 Å². The first-order chi connectivity index (χ1) is 3.84. The minimum Gasteiger partial charge on any atom is -0.389 e. The molecule has 1 saturated carbocycles. The second kappa shape index (κ2) is 2.21. The largest absolute Gasteiger partial charge is 0.389 e. The SMILES string of the molecule is C=CNC(C)C1CC1. The minimum absolute atomic E-state index is 0.660. The van der Waals surface area contributed by atoms with Crippen LogP contribution in [-0.4, -0.2) is 6.04 Å². The summed E-state index contributed by atoms with van der Waals surface area (Å²) in [5.74, 6) is 0.938. The molecule has 1 heteroatoms. The highest BCUT2D eigenvalue weighted by atomic mass is 14.9. The van der Waals surface area contributed by atoms with Crippen molar-refractivity contribution in [1.29, 1.82) is 0 Å². The predicted molar refractivity (Wildman–Crippen MR) is 35.5 cm³/mol. The Morgan fingerprint density at radius 1 is 1.75 bits per heavy atom. The molecule has 1 nitrogen and oxygen atoms in total. The Kier molecular flexibility index (Phi) is 1.56. The Balaban J connectivity index is 2.12. The molecule has 1 rings (SSSR count). The van der Waals surface area contributed by atoms with Crippen molar-refractivity contribution in [2.75, 3.05) is 0 Å². The molecule has 8 heavy (non-hydrogen) atoms. The molecule has 1 fully saturated rings. The summed E-state index contributed by atoms with van der Waals surface area (Å²) in [4.78, 5) is 0. The molecule has 0 aromatic carbocycles. The van der Waals surface area contributed by atoms with E-state index in [2.05, 4.69) is 18.8 Å². The Morgan fingerprint density at radius 2 is 2.38 bits per heavy atom. The van der Waals surface area contributed by atoms with Crippen molar-refractivity contribution in [3.05, 3.63) is 12.8 Å². The predicted octanol–water partition coefficient (Wildman–Crippen LogP) is 1.52. The van der Waals surface area contributed by atoms with Gasteiger partial charge < -0.3 is 5.32 Å². The Morgan fingerprint density at radius 3 is 2.75 bits per heavy atom. The summed E-state index contributed by atoms with van der Waals surface area (Å²) in [6, 6.07) is 0.660. The quantitative estimate of drug-likeness (QED) is 0.582. The van der Waals surface area contributed by atoms with E-state index >= 15 is 0 Å². The minimum atomic E-state index is 0.660. The molecule has 0 radical (unpaired) electrons. The number of rotatable bonds is 3. The molecule has 0 heterocycles. The van der Waals surface area contributed by atoms with E-state index in [0.29, 0.717) is 6.04 Å². The molecule has 0 aliphatic heterocycles. The topological polar surface area (TPSA) is 12.0 Å². The molecule has 0 spiro atoms. The van der Waals surface area contributed by atoms with Gasteiger partial charge in [0.2, 0.25) is 0 Å². The third-order valence-electron chi connectivity index (χ3n) is 1.71. The molecule has 1 atom stereocenters. The zero-order chi connectivity index (χ0) is 5.98. The third kappa shape index (κ3) is 1.25. The molecule has 0 aromatic rings. The molecule has 0 amide bonds. The van der Waals surface area contributed by atoms with Crippen LogP contribution in [0.2, 0.25) is 0 Å². The molecule has 0 bridgehead atoms. The summed E-state index contributed by atoms with van der Waals surface area (Å²) in [6.07, 6.45) is 4.59. The molecule has 1 unspecified atom stereocenters. The van der Waals surface area contributed by atoms with Crippen LogP contribution in [0, 0.1) is 5.92 Å². The molecular formula is C7H13N. The van der Waals surface area contributed by atoms with E-state index in [4.69, 9.17) is 0 Å². The van der Waals surface area contributed by atoms with Crippen LogP contribution in [-0.2, 0) is 0 Å². The fourth-order valence-corrected chi connectivity index (χ4v) is 0.918. The van der Waals surface area contributed by atoms with Crippen molar-refractivity contribution >= 4 is 0 Å². The van der Waals surface area contributed by atoms with E-state index in [9.17, 15) is 0 Å². The van der Waals surface area contributed by atoms with Crippen molar-refractivity contribution in [3.8, 4) is 0 Å². The van der Waals surface area contributed by atoms with E-state index in [-0.39, 0.29) is 0 Å². The fraction of sp³-hybridized carbons (Fsp3) is 0.714. The highest BCUT2D eigenvalue weighted by Crippen LogP contribution is 2.32. The van der Waals surface area contributed by atoms with Crippen LogP contribution in [0.4, 0.5) is 0 Å². The molecule has 1 aliphatic carbocycles. The van der Waals surface area contributed by atoms with Gasteiger partial charge in [-0.05, 0) is 31.9 Å². The first-order valence-corrected chi connectivity index (χ1v) is 3.21. The maximum atomic E-state index is 3.60. The van der Waals surface area contributed by atoms with Crippen molar-refractivity contribution in [2.24, 2.45) is 5.92 Å². The molecule has 1 N–H and O–H groups in total. The van der Waals surface area contributed by atoms with Crippen molar-refractivity contribution in [2.45, 2.75) is 25.8 Å². The van der Waals surface area contributed by atoms with Crippen LogP contribution in [0.15, 0.2) is 12.8 Å². The maximum Gasteiger partial charge on any atom is 0.0255 e. The van der Waals surface area contributed by atoms with Gasteiger partial charge in [-0.15, -0.1) is 0 Å². The smallest absolute Gasteiger partial charge is 0.0255 e. The van der Waals surface area contributed by atoms with Gasteiger partial charge in [-0.1, -0.05) is 6.58 Å². The molecule has 0 saturated heterocycles. The number of hydrogen-bond donors (Lipinski definition) is 1. The Hall–Kier alpha value is -0.460. The van der Waals surface area contributed by atoms with Crippen LogP contribution < -0.4 is 5.32 Å². The Bertz CT molecular complexity index is 84.4. The zero-order valence-electron chi connectivity index (χ0n) is 5.35. The van der Waals surface area contributed by atoms with Crippen LogP contribution in [0.5, 0.6) is 0 Å². The van der Waals surface area contributed by atoms with E-state index in [1.165, 1.54) is 12.8 Å². The van der Waals surface area contributed by atoms with Gasteiger partial charge in [0.1, 0.15) is 0 Å². The van der Waals surface area contributed by atoms with Crippen LogP contribution in [0.3, 0.4) is 0 Å². The second-order valence-corrected chi connectivity index (χ2v) is 2.50. The van der Waals surface area contributed by atoms with Crippen LogP contribution in [0.1, 0.15) is 19.8 Å². The number of hydrogen-bond acceptors (Lipinski definition) is 1. The van der Waals surface area contributed by atoms with Gasteiger partial charge in [-0.25, -0.2) is 0 Å². The standard InChI is InChI=1S/C7H13N/c1-3-8-6(2)7-4-5-7/h3,6-8H,1,4-5H2,2H3. The first kappa shape index (κ1) is 5.67. The first-order valence-electron chi connectivity index (χ1n) is 3.21. The Labute approximate surface area is 50.8 Å². The fourth-order valence-electron chi connectivity index (χ4n) is 0.918. The molecule has 0 aromatic heterocycles. The maximum absolute atomic E-state index is 3.60. The van der Waals surface area contributed by atoms with Gasteiger partial charge in [-0.2, -0.15) is 0 Å². The molecular weight excluding hydrogens is 98.1 g/mol. The molecule has 46 valence electrons. The monoisotopic (exact) mass is 111 g/mol. The van der Waals surface area contributed by atoms with E-state index < -0.39 is 0 Å². The lowest BCUT2D eigenvalue weighted by Gasteiger charge is -2.07. The van der Waals surface area contributed by atoms with Gasteiger partial charge in [0.25, 0.3) is 0 Å². The summed E-state index contributed by atoms with van der Waals surface area (Å²) >= 11 is 0. The van der Waals surface area contributed by atoms with Crippen molar-refractivity contribution in [1.82, 2.24) is 5.32 Å². The zero-order valence-corrected chi connectivity index (χ0v) is 5.35. The van der Waals surface area contributed by atoms with Crippen LogP contribution in [0.25, 0.3) is 0 Å². The second-order valence-electron chi connectivity index (χ2n) is 2.50. The summed E-state index contributed by atoms with van der Waals surface area (Å²) in [5.41, 5.74) is 0. The summed E-state index contributed by atoms with van der Waals surface area (Å²) in [6.45, 7) is 5.81. The summed E-state index contributed by atoms with van der Waals surface area (Å²) < 4.78 is 0. The van der Waals surface area contributed by atoms with Crippen molar-refractivity contribution < 1.29 is 0 Å². The lowest BCUT2D eigenvalue weighted by Crippen LogP contribution is -2.21. The molecule has 1 aliphatic rings. The van der Waals surface area contributed by atoms with Gasteiger partial charge in [0, 0.05) is 6.04 Å². The average Bonchev–Trinajstić information content (AvgIpc) is 2.45. The summed E-state index contributed by atoms with van der Waals surface area (Å²) in [7, 11) is 0. The van der Waals surface area contributed by atoms with Gasteiger partial charge in [-0.3, -0.25) is 0 Å². The van der Waals surface area contributed by atoms with Crippen LogP contribution >= 0.6 is 0 Å². The lowest BCUT2D eigenvalue weighted by atomic mass is 10.2. The van der Waals surface area contributed by atoms with Crippen molar-refractivity contribution in [3.63, 3.8) is 0 Å². The highest BCUT2D eigenvalue weighted by Gasteiger charge is 2.26. The normalized spacial score (nSPS) is 22.1.